The molecule has 6 nitrogen and oxygen atoms in total. The highest BCUT2D eigenvalue weighted by molar-refractivity contribution is 7.89. The summed E-state index contributed by atoms with van der Waals surface area (Å²) in [5.74, 6) is 0.456. The average molecular weight is 288 g/mol. The normalized spacial score (nSPS) is 16.3. The van der Waals surface area contributed by atoms with Gasteiger partial charge in [-0.05, 0) is 41.2 Å². The number of nitrogens with one attached hydrogen (secondary N) is 1. The van der Waals surface area contributed by atoms with E-state index in [1.54, 1.807) is 0 Å². The second kappa shape index (κ2) is 4.18. The van der Waals surface area contributed by atoms with E-state index in [-0.39, 0.29) is 15.9 Å². The predicted molar refractivity (Wildman–Crippen MR) is 64.7 cm³/mol. The number of hydrogen-bond acceptors (Lipinski definition) is 5. The van der Waals surface area contributed by atoms with Gasteiger partial charge in [0.05, 0.1) is 5.02 Å². The van der Waals surface area contributed by atoms with Crippen LogP contribution in [0, 0.1) is 5.92 Å². The van der Waals surface area contributed by atoms with E-state index in [4.69, 9.17) is 11.6 Å². The molecule has 0 saturated heterocycles. The number of fused-ring (bicyclic) bond motifs is 1. The molecule has 96 valence electrons. The van der Waals surface area contributed by atoms with Crippen molar-refractivity contribution < 1.29 is 13.0 Å². The van der Waals surface area contributed by atoms with Gasteiger partial charge in [0, 0.05) is 6.54 Å². The molecule has 0 amide bonds. The van der Waals surface area contributed by atoms with E-state index in [0.717, 1.165) is 12.8 Å². The zero-order valence-electron chi connectivity index (χ0n) is 9.26. The largest absolute Gasteiger partial charge is 0.243 e. The van der Waals surface area contributed by atoms with Crippen LogP contribution in [-0.2, 0) is 10.0 Å². The van der Waals surface area contributed by atoms with Gasteiger partial charge in [-0.15, -0.1) is 0 Å². The van der Waals surface area contributed by atoms with Crippen LogP contribution in [0.15, 0.2) is 21.7 Å². The monoisotopic (exact) mass is 287 g/mol. The van der Waals surface area contributed by atoms with Gasteiger partial charge in [0.15, 0.2) is 11.0 Å². The van der Waals surface area contributed by atoms with Gasteiger partial charge < -0.3 is 0 Å². The van der Waals surface area contributed by atoms with Crippen molar-refractivity contribution in [3.05, 3.63) is 17.2 Å². The number of hydrogen-bond donors (Lipinski definition) is 1. The molecule has 0 radical (unpaired) electrons. The van der Waals surface area contributed by atoms with E-state index in [0.29, 0.717) is 17.5 Å². The Bertz CT molecular complexity index is 693. The van der Waals surface area contributed by atoms with Gasteiger partial charge in [-0.1, -0.05) is 11.6 Å². The van der Waals surface area contributed by atoms with Gasteiger partial charge in [0.25, 0.3) is 0 Å². The molecule has 1 aliphatic carbocycles. The summed E-state index contributed by atoms with van der Waals surface area (Å²) in [7, 11) is -3.60. The Balaban J connectivity index is 2.02. The molecular weight excluding hydrogens is 278 g/mol. The minimum Gasteiger partial charge on any atom is -0.243 e. The SMILES string of the molecule is O=S(=O)(NCC1CC1)c1ccc(Cl)c2nonc12. The Hall–Kier alpha value is -1.18. The molecule has 3 rings (SSSR count). The molecule has 1 heterocycles. The molecule has 1 saturated carbocycles. The summed E-state index contributed by atoms with van der Waals surface area (Å²) in [5, 5.41) is 7.50. The van der Waals surface area contributed by atoms with Crippen LogP contribution in [0.2, 0.25) is 5.02 Å². The first-order chi connectivity index (χ1) is 8.58. The lowest BCUT2D eigenvalue weighted by Crippen LogP contribution is -2.26. The highest BCUT2D eigenvalue weighted by Gasteiger charge is 2.26. The van der Waals surface area contributed by atoms with Gasteiger partial charge in [0.1, 0.15) is 4.90 Å². The minimum absolute atomic E-state index is 0.0452. The molecule has 2 aromatic rings. The molecule has 1 N–H and O–H groups in total. The molecule has 18 heavy (non-hydrogen) atoms. The van der Waals surface area contributed by atoms with Gasteiger partial charge >= 0.3 is 0 Å². The number of nitrogens with zero attached hydrogens (tertiary/aromatic N) is 2. The Morgan fingerprint density at radius 1 is 1.33 bits per heavy atom. The molecular formula is C10H10ClN3O3S. The molecule has 1 fully saturated rings. The molecule has 0 aliphatic heterocycles. The number of sulfonamides is 1. The number of halogens is 1. The minimum atomic E-state index is -3.60. The van der Waals surface area contributed by atoms with Gasteiger partial charge in [-0.3, -0.25) is 0 Å². The van der Waals surface area contributed by atoms with Gasteiger partial charge in [-0.25, -0.2) is 17.8 Å². The third-order valence-electron chi connectivity index (χ3n) is 2.88. The maximum Gasteiger partial charge on any atom is 0.242 e. The number of benzene rings is 1. The Labute approximate surface area is 108 Å². The van der Waals surface area contributed by atoms with Crippen molar-refractivity contribution >= 4 is 32.7 Å². The zero-order chi connectivity index (χ0) is 12.8. The topological polar surface area (TPSA) is 85.1 Å². The Morgan fingerprint density at radius 2 is 2.06 bits per heavy atom. The summed E-state index contributed by atoms with van der Waals surface area (Å²) in [6, 6.07) is 2.88. The first-order valence-corrected chi connectivity index (χ1v) is 7.34. The van der Waals surface area contributed by atoms with Crippen LogP contribution in [0.1, 0.15) is 12.8 Å². The smallest absolute Gasteiger partial charge is 0.242 e. The van der Waals surface area contributed by atoms with Crippen molar-refractivity contribution in [1.82, 2.24) is 15.0 Å². The maximum atomic E-state index is 12.1. The molecule has 0 spiro atoms. The van der Waals surface area contributed by atoms with Crippen LogP contribution >= 0.6 is 11.6 Å². The van der Waals surface area contributed by atoms with Crippen LogP contribution < -0.4 is 4.72 Å². The van der Waals surface area contributed by atoms with Crippen molar-refractivity contribution in [2.75, 3.05) is 6.54 Å². The number of rotatable bonds is 4. The summed E-state index contributed by atoms with van der Waals surface area (Å²) in [4.78, 5) is 0.0452. The molecule has 1 aromatic heterocycles. The van der Waals surface area contributed by atoms with E-state index in [1.165, 1.54) is 12.1 Å². The fourth-order valence-corrected chi connectivity index (χ4v) is 3.09. The van der Waals surface area contributed by atoms with Crippen LogP contribution in [0.5, 0.6) is 0 Å². The van der Waals surface area contributed by atoms with Crippen molar-refractivity contribution in [2.24, 2.45) is 5.92 Å². The van der Waals surface area contributed by atoms with E-state index >= 15 is 0 Å². The Morgan fingerprint density at radius 3 is 2.78 bits per heavy atom. The molecule has 0 bridgehead atoms. The first kappa shape index (κ1) is 11.9. The molecule has 8 heteroatoms. The lowest BCUT2D eigenvalue weighted by atomic mass is 10.3. The standard InChI is InChI=1S/C10H10ClN3O3S/c11-7-3-4-8(10-9(7)13-17-14-10)18(15,16)12-5-6-1-2-6/h3-4,6,12H,1-2,5H2. The number of aromatic nitrogens is 2. The van der Waals surface area contributed by atoms with E-state index in [1.807, 2.05) is 0 Å². The third kappa shape index (κ3) is 2.09. The summed E-state index contributed by atoms with van der Waals surface area (Å²) in [6.45, 7) is 0.456. The highest BCUT2D eigenvalue weighted by Crippen LogP contribution is 2.29. The van der Waals surface area contributed by atoms with Crippen LogP contribution in [0.4, 0.5) is 0 Å². The van der Waals surface area contributed by atoms with Crippen LogP contribution in [0.3, 0.4) is 0 Å². The fourth-order valence-electron chi connectivity index (χ4n) is 1.66. The molecule has 1 aliphatic rings. The second-order valence-corrected chi connectivity index (χ2v) is 6.44. The van der Waals surface area contributed by atoms with Crippen molar-refractivity contribution in [3.8, 4) is 0 Å². The lowest BCUT2D eigenvalue weighted by Gasteiger charge is -2.06. The predicted octanol–water partition coefficient (Wildman–Crippen LogP) is 1.56. The van der Waals surface area contributed by atoms with Crippen LogP contribution in [0.25, 0.3) is 11.0 Å². The molecule has 1 aromatic carbocycles. The Kier molecular flexibility index (Phi) is 2.76. The summed E-state index contributed by atoms with van der Waals surface area (Å²) >= 11 is 5.88. The fraction of sp³-hybridized carbons (Fsp3) is 0.400. The van der Waals surface area contributed by atoms with Crippen molar-refractivity contribution in [1.29, 1.82) is 0 Å². The second-order valence-electron chi connectivity index (χ2n) is 4.30. The van der Waals surface area contributed by atoms with Crippen molar-refractivity contribution in [3.63, 3.8) is 0 Å². The van der Waals surface area contributed by atoms with Gasteiger partial charge in [0.2, 0.25) is 10.0 Å². The maximum absolute atomic E-state index is 12.1. The van der Waals surface area contributed by atoms with Gasteiger partial charge in [-0.2, -0.15) is 0 Å². The summed E-state index contributed by atoms with van der Waals surface area (Å²) in [6.07, 6.45) is 2.15. The molecule has 0 unspecified atom stereocenters. The van der Waals surface area contributed by atoms with E-state index in [2.05, 4.69) is 19.7 Å². The summed E-state index contributed by atoms with van der Waals surface area (Å²) < 4.78 is 31.3. The quantitative estimate of drug-likeness (QED) is 0.922. The van der Waals surface area contributed by atoms with Crippen molar-refractivity contribution in [2.45, 2.75) is 17.7 Å². The highest BCUT2D eigenvalue weighted by atomic mass is 35.5. The lowest BCUT2D eigenvalue weighted by molar-refractivity contribution is 0.315. The van der Waals surface area contributed by atoms with E-state index in [9.17, 15) is 8.42 Å². The third-order valence-corrected chi connectivity index (χ3v) is 4.64. The zero-order valence-corrected chi connectivity index (χ0v) is 10.8. The first-order valence-electron chi connectivity index (χ1n) is 5.48. The summed E-state index contributed by atoms with van der Waals surface area (Å²) in [5.41, 5.74) is 0.414. The molecule has 0 atom stereocenters. The van der Waals surface area contributed by atoms with E-state index < -0.39 is 10.0 Å². The van der Waals surface area contributed by atoms with Crippen LogP contribution in [-0.4, -0.2) is 25.3 Å². The average Bonchev–Trinajstić information content (AvgIpc) is 3.03.